The molecule has 1 amide bonds. The van der Waals surface area contributed by atoms with Crippen LogP contribution in [0.25, 0.3) is 16.9 Å². The van der Waals surface area contributed by atoms with Crippen molar-refractivity contribution in [2.75, 3.05) is 12.8 Å². The predicted octanol–water partition coefficient (Wildman–Crippen LogP) is 3.72. The smallest absolute Gasteiger partial charge is 0.333 e. The molecule has 4 rings (SSSR count). The minimum atomic E-state index is -4.63. The first kappa shape index (κ1) is 27.8. The first-order valence-electron chi connectivity index (χ1n) is 11.7. The van der Waals surface area contributed by atoms with Gasteiger partial charge >= 0.3 is 6.18 Å². The molecule has 0 spiro atoms. The molecule has 3 heterocycles. The lowest BCUT2D eigenvalue weighted by molar-refractivity contribution is -0.137. The Labute approximate surface area is 222 Å². The van der Waals surface area contributed by atoms with Crippen molar-refractivity contribution in [3.05, 3.63) is 94.3 Å². The average Bonchev–Trinajstić information content (AvgIpc) is 3.32. The maximum atomic E-state index is 13.6. The van der Waals surface area contributed by atoms with Crippen molar-refractivity contribution in [2.24, 2.45) is 7.05 Å². The maximum absolute atomic E-state index is 13.6. The molecule has 39 heavy (non-hydrogen) atoms. The van der Waals surface area contributed by atoms with E-state index in [1.54, 1.807) is 20.0 Å². The van der Waals surface area contributed by atoms with Crippen LogP contribution in [0.3, 0.4) is 0 Å². The highest BCUT2D eigenvalue weighted by Crippen LogP contribution is 2.30. The number of carbonyl (C=O) groups is 1. The molecule has 0 aliphatic carbocycles. The number of pyridine rings is 2. The third-order valence-electron chi connectivity index (χ3n) is 6.06. The van der Waals surface area contributed by atoms with E-state index in [2.05, 4.69) is 10.1 Å². The van der Waals surface area contributed by atoms with Crippen molar-refractivity contribution >= 4 is 15.7 Å². The fourth-order valence-corrected chi connectivity index (χ4v) is 4.53. The second-order valence-corrected chi connectivity index (χ2v) is 10.8. The van der Waals surface area contributed by atoms with Gasteiger partial charge in [-0.2, -0.15) is 18.3 Å². The van der Waals surface area contributed by atoms with E-state index in [9.17, 15) is 31.2 Å². The highest BCUT2D eigenvalue weighted by Gasteiger charge is 2.31. The second kappa shape index (κ2) is 10.5. The number of carbonyl (C=O) groups excluding carboxylic acids is 1. The van der Waals surface area contributed by atoms with Crippen molar-refractivity contribution in [3.63, 3.8) is 0 Å². The van der Waals surface area contributed by atoms with E-state index in [-0.39, 0.29) is 29.2 Å². The first-order chi connectivity index (χ1) is 18.3. The topological polar surface area (TPSA) is 107 Å². The molecule has 0 fully saturated rings. The molecular weight excluding hydrogens is 535 g/mol. The van der Waals surface area contributed by atoms with E-state index < -0.39 is 33.0 Å². The van der Waals surface area contributed by atoms with Crippen LogP contribution in [0.4, 0.5) is 13.2 Å². The lowest BCUT2D eigenvalue weighted by Crippen LogP contribution is -2.36. The number of aryl methyl sites for hydroxylation is 1. The molecule has 0 saturated heterocycles. The number of hydrogen-bond donors (Lipinski definition) is 0. The van der Waals surface area contributed by atoms with Gasteiger partial charge in [0, 0.05) is 49.7 Å². The number of halogens is 3. The summed E-state index contributed by atoms with van der Waals surface area (Å²) in [6, 6.07) is 10.2. The van der Waals surface area contributed by atoms with Gasteiger partial charge in [-0.05, 0) is 49.4 Å². The highest BCUT2D eigenvalue weighted by atomic mass is 32.2. The number of aromatic nitrogens is 4. The molecule has 0 unspecified atom stereocenters. The van der Waals surface area contributed by atoms with Gasteiger partial charge in [-0.1, -0.05) is 6.07 Å². The summed E-state index contributed by atoms with van der Waals surface area (Å²) in [6.07, 6.45) is 0.494. The Morgan fingerprint density at radius 3 is 2.41 bits per heavy atom. The zero-order chi connectivity index (χ0) is 28.5. The van der Waals surface area contributed by atoms with Gasteiger partial charge in [-0.3, -0.25) is 23.8 Å². The molecule has 0 aliphatic rings. The summed E-state index contributed by atoms with van der Waals surface area (Å²) in [5, 5.41) is 4.10. The summed E-state index contributed by atoms with van der Waals surface area (Å²) < 4.78 is 66.2. The molecule has 0 radical (unpaired) electrons. The van der Waals surface area contributed by atoms with Crippen LogP contribution in [0.15, 0.2) is 76.8 Å². The molecule has 0 bridgehead atoms. The molecule has 0 N–H and O–H groups in total. The van der Waals surface area contributed by atoms with E-state index in [0.29, 0.717) is 17.0 Å². The molecule has 0 saturated carbocycles. The van der Waals surface area contributed by atoms with E-state index in [4.69, 9.17) is 0 Å². The number of sulfone groups is 1. The summed E-state index contributed by atoms with van der Waals surface area (Å²) >= 11 is 0. The molecule has 204 valence electrons. The summed E-state index contributed by atoms with van der Waals surface area (Å²) in [5.74, 6) is -0.666. The van der Waals surface area contributed by atoms with Gasteiger partial charge in [-0.15, -0.1) is 0 Å². The van der Waals surface area contributed by atoms with Crippen LogP contribution in [-0.2, 0) is 29.6 Å². The van der Waals surface area contributed by atoms with Crippen LogP contribution in [0.5, 0.6) is 0 Å². The molecule has 13 heteroatoms. The minimum absolute atomic E-state index is 0.0217. The zero-order valence-electron chi connectivity index (χ0n) is 21.2. The molecule has 3 aromatic heterocycles. The van der Waals surface area contributed by atoms with Crippen LogP contribution in [0.1, 0.15) is 28.5 Å². The average molecular weight is 560 g/mol. The molecule has 1 aromatic carbocycles. The van der Waals surface area contributed by atoms with Crippen molar-refractivity contribution < 1.29 is 26.4 Å². The van der Waals surface area contributed by atoms with E-state index in [1.807, 2.05) is 0 Å². The van der Waals surface area contributed by atoms with Gasteiger partial charge in [-0.25, -0.2) is 8.42 Å². The van der Waals surface area contributed by atoms with Gasteiger partial charge in [0.1, 0.15) is 5.56 Å². The zero-order valence-corrected chi connectivity index (χ0v) is 22.0. The molecule has 0 aliphatic heterocycles. The second-order valence-electron chi connectivity index (χ2n) is 8.78. The molecule has 9 nitrogen and oxygen atoms in total. The molecule has 4 aromatic rings. The van der Waals surface area contributed by atoms with Crippen molar-refractivity contribution in [2.45, 2.75) is 24.5 Å². The van der Waals surface area contributed by atoms with Gasteiger partial charge in [0.15, 0.2) is 9.84 Å². The summed E-state index contributed by atoms with van der Waals surface area (Å²) in [5.41, 5.74) is -0.755. The van der Waals surface area contributed by atoms with Gasteiger partial charge in [0.05, 0.1) is 28.4 Å². The third kappa shape index (κ3) is 5.93. The quantitative estimate of drug-likeness (QED) is 0.342. The minimum Gasteiger partial charge on any atom is -0.333 e. The lowest BCUT2D eigenvalue weighted by Gasteiger charge is -2.21. The van der Waals surface area contributed by atoms with Crippen molar-refractivity contribution in [1.82, 2.24) is 24.2 Å². The van der Waals surface area contributed by atoms with Crippen LogP contribution in [0, 0.1) is 0 Å². The van der Waals surface area contributed by atoms with Crippen molar-refractivity contribution in [1.29, 1.82) is 0 Å². The Kier molecular flexibility index (Phi) is 7.46. The monoisotopic (exact) mass is 559 g/mol. The van der Waals surface area contributed by atoms with E-state index >= 15 is 0 Å². The standard InChI is InChI=1S/C26H24F3N5O4S/c1-4-33(16-19-8-9-21(14-30-19)39(3,37)38)24(35)22-12-17(23-10-11-31-32(23)2)15-34(25(22)36)20-7-5-6-18(13-20)26(27,28)29/h5-15H,4,16H2,1-3H3. The normalized spacial score (nSPS) is 11.9. The maximum Gasteiger partial charge on any atom is 0.416 e. The number of rotatable bonds is 7. The Morgan fingerprint density at radius 1 is 1.10 bits per heavy atom. The fraction of sp³-hybridized carbons (Fsp3) is 0.231. The fourth-order valence-electron chi connectivity index (χ4n) is 3.97. The Bertz CT molecular complexity index is 1690. The Balaban J connectivity index is 1.81. The van der Waals surface area contributed by atoms with E-state index in [0.717, 1.165) is 23.0 Å². The predicted molar refractivity (Wildman–Crippen MR) is 137 cm³/mol. The van der Waals surface area contributed by atoms with Crippen LogP contribution < -0.4 is 5.56 Å². The van der Waals surface area contributed by atoms with Gasteiger partial charge in [0.2, 0.25) is 0 Å². The van der Waals surface area contributed by atoms with Crippen molar-refractivity contribution in [3.8, 4) is 16.9 Å². The third-order valence-corrected chi connectivity index (χ3v) is 7.16. The van der Waals surface area contributed by atoms with Crippen LogP contribution in [0.2, 0.25) is 0 Å². The number of hydrogen-bond acceptors (Lipinski definition) is 6. The number of alkyl halides is 3. The SMILES string of the molecule is CCN(Cc1ccc(S(C)(=O)=O)cn1)C(=O)c1cc(-c2ccnn2C)cn(-c2cccc(C(F)(F)F)c2)c1=O. The summed E-state index contributed by atoms with van der Waals surface area (Å²) in [4.78, 5) is 32.6. The van der Waals surface area contributed by atoms with Gasteiger partial charge < -0.3 is 4.90 Å². The molecule has 0 atom stereocenters. The lowest BCUT2D eigenvalue weighted by atomic mass is 10.1. The number of benzene rings is 1. The van der Waals surface area contributed by atoms with Crippen LogP contribution >= 0.6 is 0 Å². The largest absolute Gasteiger partial charge is 0.416 e. The Morgan fingerprint density at radius 2 is 1.85 bits per heavy atom. The summed E-state index contributed by atoms with van der Waals surface area (Å²) in [6.45, 7) is 1.84. The van der Waals surface area contributed by atoms with E-state index in [1.165, 1.54) is 58.5 Å². The number of nitrogens with zero attached hydrogens (tertiary/aromatic N) is 5. The Hall–Kier alpha value is -4.26. The molecular formula is C26H24F3N5O4S. The summed E-state index contributed by atoms with van der Waals surface area (Å²) in [7, 11) is -1.80. The first-order valence-corrected chi connectivity index (χ1v) is 13.6. The highest BCUT2D eigenvalue weighted by molar-refractivity contribution is 7.90. The van der Waals surface area contributed by atoms with Crippen LogP contribution in [-0.4, -0.2) is 51.4 Å². The van der Waals surface area contributed by atoms with Gasteiger partial charge in [0.25, 0.3) is 11.5 Å². The number of amides is 1.